The number of furan rings is 1. The van der Waals surface area contributed by atoms with Crippen LogP contribution in [-0.2, 0) is 6.54 Å². The fourth-order valence-electron chi connectivity index (χ4n) is 2.92. The Morgan fingerprint density at radius 2 is 2.04 bits per heavy atom. The zero-order valence-electron chi connectivity index (χ0n) is 15.3. The highest BCUT2D eigenvalue weighted by molar-refractivity contribution is 7.13. The number of carbonyl (C=O) groups is 1. The third kappa shape index (κ3) is 3.61. The number of halogens is 1. The SMILES string of the molecule is COc1ccc(-c2nc(CNC(=O)c3oc4ccc(Cl)cc4c3C)cs2)cc1. The highest BCUT2D eigenvalue weighted by Crippen LogP contribution is 2.28. The summed E-state index contributed by atoms with van der Waals surface area (Å²) in [7, 11) is 1.64. The van der Waals surface area contributed by atoms with Crippen molar-refractivity contribution in [2.45, 2.75) is 13.5 Å². The summed E-state index contributed by atoms with van der Waals surface area (Å²) < 4.78 is 10.9. The largest absolute Gasteiger partial charge is 0.497 e. The molecule has 0 saturated carbocycles. The number of hydrogen-bond donors (Lipinski definition) is 1. The maximum absolute atomic E-state index is 12.6. The molecule has 0 spiro atoms. The van der Waals surface area contributed by atoms with Gasteiger partial charge >= 0.3 is 0 Å². The number of thiazole rings is 1. The van der Waals surface area contributed by atoms with E-state index in [0.717, 1.165) is 33.0 Å². The standard InChI is InChI=1S/C21H17ClN2O3S/c1-12-17-9-14(22)5-8-18(17)27-19(12)20(25)23-10-15-11-28-21(24-15)13-3-6-16(26-2)7-4-13/h3-9,11H,10H2,1-2H3,(H,23,25). The van der Waals surface area contributed by atoms with Gasteiger partial charge in [-0.2, -0.15) is 0 Å². The van der Waals surface area contributed by atoms with E-state index in [1.54, 1.807) is 25.3 Å². The summed E-state index contributed by atoms with van der Waals surface area (Å²) in [4.78, 5) is 17.2. The second-order valence-corrected chi connectivity index (χ2v) is 7.55. The maximum Gasteiger partial charge on any atom is 0.287 e. The van der Waals surface area contributed by atoms with Crippen molar-refractivity contribution in [1.29, 1.82) is 0 Å². The van der Waals surface area contributed by atoms with Crippen LogP contribution in [0.4, 0.5) is 0 Å². The molecule has 2 aromatic heterocycles. The second kappa shape index (κ2) is 7.66. The first kappa shape index (κ1) is 18.5. The number of methoxy groups -OCH3 is 1. The van der Waals surface area contributed by atoms with Crippen LogP contribution in [0.15, 0.2) is 52.3 Å². The second-order valence-electron chi connectivity index (χ2n) is 6.25. The fraction of sp³-hybridized carbons (Fsp3) is 0.143. The molecule has 0 saturated heterocycles. The molecule has 0 aliphatic heterocycles. The van der Waals surface area contributed by atoms with Gasteiger partial charge in [0.15, 0.2) is 5.76 Å². The van der Waals surface area contributed by atoms with Gasteiger partial charge in [-0.3, -0.25) is 4.79 Å². The third-order valence-corrected chi connectivity index (χ3v) is 5.60. The van der Waals surface area contributed by atoms with Gasteiger partial charge < -0.3 is 14.5 Å². The minimum absolute atomic E-state index is 0.274. The van der Waals surface area contributed by atoms with Crippen LogP contribution in [0.1, 0.15) is 21.8 Å². The molecule has 5 nitrogen and oxygen atoms in total. The number of benzene rings is 2. The van der Waals surface area contributed by atoms with Crippen LogP contribution < -0.4 is 10.1 Å². The lowest BCUT2D eigenvalue weighted by Crippen LogP contribution is -2.23. The zero-order chi connectivity index (χ0) is 19.7. The Bertz CT molecular complexity index is 1150. The normalized spacial score (nSPS) is 11.0. The summed E-state index contributed by atoms with van der Waals surface area (Å²) in [6, 6.07) is 13.0. The molecular weight excluding hydrogens is 396 g/mol. The van der Waals surface area contributed by atoms with Crippen LogP contribution in [-0.4, -0.2) is 18.0 Å². The Balaban J connectivity index is 1.47. The lowest BCUT2D eigenvalue weighted by molar-refractivity contribution is 0.0924. The van der Waals surface area contributed by atoms with Gasteiger partial charge in [-0.25, -0.2) is 4.98 Å². The molecule has 2 aromatic carbocycles. The number of nitrogens with one attached hydrogen (secondary N) is 1. The first-order chi connectivity index (χ1) is 13.5. The average Bonchev–Trinajstić information content (AvgIpc) is 3.31. The summed E-state index contributed by atoms with van der Waals surface area (Å²) in [6.07, 6.45) is 0. The topological polar surface area (TPSA) is 64.4 Å². The van der Waals surface area contributed by atoms with Crippen LogP contribution in [0.5, 0.6) is 5.75 Å². The van der Waals surface area contributed by atoms with Crippen molar-refractivity contribution >= 4 is 39.8 Å². The number of amides is 1. The molecule has 142 valence electrons. The molecule has 0 bridgehead atoms. The molecule has 0 unspecified atom stereocenters. The Morgan fingerprint density at radius 1 is 1.25 bits per heavy atom. The number of rotatable bonds is 5. The minimum atomic E-state index is -0.274. The van der Waals surface area contributed by atoms with Gasteiger partial charge in [0, 0.05) is 26.9 Å². The van der Waals surface area contributed by atoms with Gasteiger partial charge in [-0.1, -0.05) is 11.6 Å². The van der Waals surface area contributed by atoms with E-state index >= 15 is 0 Å². The number of aromatic nitrogens is 1. The van der Waals surface area contributed by atoms with Crippen molar-refractivity contribution < 1.29 is 13.9 Å². The van der Waals surface area contributed by atoms with Crippen molar-refractivity contribution in [1.82, 2.24) is 10.3 Å². The van der Waals surface area contributed by atoms with E-state index in [1.807, 2.05) is 36.6 Å². The van der Waals surface area contributed by atoms with Gasteiger partial charge in [0.25, 0.3) is 5.91 Å². The van der Waals surface area contributed by atoms with E-state index in [0.29, 0.717) is 22.9 Å². The number of nitrogens with zero attached hydrogens (tertiary/aromatic N) is 1. The van der Waals surface area contributed by atoms with E-state index in [9.17, 15) is 4.79 Å². The van der Waals surface area contributed by atoms with E-state index < -0.39 is 0 Å². The van der Waals surface area contributed by atoms with Crippen molar-refractivity contribution in [2.75, 3.05) is 7.11 Å². The molecule has 0 atom stereocenters. The summed E-state index contributed by atoms with van der Waals surface area (Å²) >= 11 is 7.56. The van der Waals surface area contributed by atoms with Crippen LogP contribution in [0.2, 0.25) is 5.02 Å². The first-order valence-corrected chi connectivity index (χ1v) is 9.86. The quantitative estimate of drug-likeness (QED) is 0.473. The molecule has 1 N–H and O–H groups in total. The number of fused-ring (bicyclic) bond motifs is 1. The first-order valence-electron chi connectivity index (χ1n) is 8.61. The van der Waals surface area contributed by atoms with Crippen molar-refractivity contribution in [3.05, 3.63) is 69.9 Å². The summed E-state index contributed by atoms with van der Waals surface area (Å²) in [5, 5.41) is 7.15. The summed E-state index contributed by atoms with van der Waals surface area (Å²) in [5.41, 5.74) is 3.21. The lowest BCUT2D eigenvalue weighted by Gasteiger charge is -2.02. The smallest absolute Gasteiger partial charge is 0.287 e. The lowest BCUT2D eigenvalue weighted by atomic mass is 10.1. The van der Waals surface area contributed by atoms with E-state index in [4.69, 9.17) is 20.8 Å². The highest BCUT2D eigenvalue weighted by atomic mass is 35.5. The zero-order valence-corrected chi connectivity index (χ0v) is 16.9. The Hall–Kier alpha value is -2.83. The number of carbonyl (C=O) groups excluding carboxylic acids is 1. The molecule has 0 aliphatic rings. The Kier molecular flexibility index (Phi) is 5.07. The van der Waals surface area contributed by atoms with Crippen LogP contribution in [0.25, 0.3) is 21.5 Å². The van der Waals surface area contributed by atoms with Gasteiger partial charge in [0.05, 0.1) is 19.3 Å². The molecular formula is C21H17ClN2O3S. The maximum atomic E-state index is 12.6. The minimum Gasteiger partial charge on any atom is -0.497 e. The molecule has 0 fully saturated rings. The Labute approximate surface area is 170 Å². The Morgan fingerprint density at radius 3 is 2.79 bits per heavy atom. The molecule has 4 aromatic rings. The predicted octanol–water partition coefficient (Wildman–Crippen LogP) is 5.46. The van der Waals surface area contributed by atoms with Gasteiger partial charge in [0.1, 0.15) is 16.3 Å². The summed E-state index contributed by atoms with van der Waals surface area (Å²) in [6.45, 7) is 2.17. The predicted molar refractivity (Wildman–Crippen MR) is 111 cm³/mol. The third-order valence-electron chi connectivity index (χ3n) is 4.42. The van der Waals surface area contributed by atoms with Crippen LogP contribution >= 0.6 is 22.9 Å². The molecule has 7 heteroatoms. The summed E-state index contributed by atoms with van der Waals surface area (Å²) in [5.74, 6) is 0.821. The molecule has 1 amide bonds. The van der Waals surface area contributed by atoms with Crippen molar-refractivity contribution in [2.24, 2.45) is 0 Å². The van der Waals surface area contributed by atoms with E-state index in [-0.39, 0.29) is 5.91 Å². The highest BCUT2D eigenvalue weighted by Gasteiger charge is 2.18. The number of aryl methyl sites for hydroxylation is 1. The van der Waals surface area contributed by atoms with Gasteiger partial charge in [0.2, 0.25) is 0 Å². The van der Waals surface area contributed by atoms with E-state index in [2.05, 4.69) is 10.3 Å². The van der Waals surface area contributed by atoms with Crippen molar-refractivity contribution in [3.8, 4) is 16.3 Å². The molecule has 4 rings (SSSR count). The monoisotopic (exact) mass is 412 g/mol. The fourth-order valence-corrected chi connectivity index (χ4v) is 3.91. The van der Waals surface area contributed by atoms with Crippen LogP contribution in [0, 0.1) is 6.92 Å². The van der Waals surface area contributed by atoms with Crippen LogP contribution in [0.3, 0.4) is 0 Å². The van der Waals surface area contributed by atoms with Crippen molar-refractivity contribution in [3.63, 3.8) is 0 Å². The molecule has 2 heterocycles. The molecule has 0 aliphatic carbocycles. The molecule has 28 heavy (non-hydrogen) atoms. The number of hydrogen-bond acceptors (Lipinski definition) is 5. The van der Waals surface area contributed by atoms with Gasteiger partial charge in [-0.15, -0.1) is 11.3 Å². The number of ether oxygens (including phenoxy) is 1. The van der Waals surface area contributed by atoms with E-state index in [1.165, 1.54) is 11.3 Å². The molecule has 0 radical (unpaired) electrons. The average molecular weight is 413 g/mol. The van der Waals surface area contributed by atoms with Gasteiger partial charge in [-0.05, 0) is 49.4 Å².